The highest BCUT2D eigenvalue weighted by atomic mass is 32.1. The number of aryl methyl sites for hydroxylation is 1. The molecule has 1 aliphatic rings. The molecule has 1 aromatic rings. The Balaban J connectivity index is 2.20. The standard InChI is InChI=1S/C9H12N2O2S/c1-6-2-3-14-8(6)11-5-7(4-10)13-9(11)12/h2-3,7H,4-5,10H2,1H3. The quantitative estimate of drug-likeness (QED) is 0.804. The van der Waals surface area contributed by atoms with Crippen molar-refractivity contribution in [2.45, 2.75) is 13.0 Å². The molecule has 0 radical (unpaired) electrons. The van der Waals surface area contributed by atoms with E-state index in [0.717, 1.165) is 10.6 Å². The molecule has 4 nitrogen and oxygen atoms in total. The van der Waals surface area contributed by atoms with Gasteiger partial charge in [0.15, 0.2) is 0 Å². The summed E-state index contributed by atoms with van der Waals surface area (Å²) in [5, 5.41) is 2.93. The first-order valence-corrected chi connectivity index (χ1v) is 5.32. The summed E-state index contributed by atoms with van der Waals surface area (Å²) in [4.78, 5) is 13.1. The largest absolute Gasteiger partial charge is 0.443 e. The third-order valence-corrected chi connectivity index (χ3v) is 3.25. The van der Waals surface area contributed by atoms with E-state index in [2.05, 4.69) is 0 Å². The van der Waals surface area contributed by atoms with Gasteiger partial charge in [0.1, 0.15) is 11.1 Å². The highest BCUT2D eigenvalue weighted by Crippen LogP contribution is 2.30. The third-order valence-electron chi connectivity index (χ3n) is 2.22. The topological polar surface area (TPSA) is 55.6 Å². The Hall–Kier alpha value is -1.07. The highest BCUT2D eigenvalue weighted by Gasteiger charge is 2.32. The van der Waals surface area contributed by atoms with Gasteiger partial charge in [0.25, 0.3) is 0 Å². The molecule has 2 heterocycles. The monoisotopic (exact) mass is 212 g/mol. The maximum Gasteiger partial charge on any atom is 0.415 e. The van der Waals surface area contributed by atoms with Crippen LogP contribution in [-0.2, 0) is 4.74 Å². The molecule has 0 bridgehead atoms. The van der Waals surface area contributed by atoms with Gasteiger partial charge in [0, 0.05) is 6.54 Å². The van der Waals surface area contributed by atoms with E-state index in [4.69, 9.17) is 10.5 Å². The molecular formula is C9H12N2O2S. The summed E-state index contributed by atoms with van der Waals surface area (Å²) < 4.78 is 5.07. The lowest BCUT2D eigenvalue weighted by Crippen LogP contribution is -2.27. The summed E-state index contributed by atoms with van der Waals surface area (Å²) in [5.74, 6) is 0. The van der Waals surface area contributed by atoms with Crippen molar-refractivity contribution in [3.8, 4) is 0 Å². The molecule has 1 unspecified atom stereocenters. The van der Waals surface area contributed by atoms with Crippen LogP contribution >= 0.6 is 11.3 Å². The lowest BCUT2D eigenvalue weighted by molar-refractivity contribution is 0.145. The summed E-state index contributed by atoms with van der Waals surface area (Å²) in [5.41, 5.74) is 6.55. The Morgan fingerprint density at radius 2 is 2.57 bits per heavy atom. The van der Waals surface area contributed by atoms with Gasteiger partial charge in [-0.25, -0.2) is 4.79 Å². The number of rotatable bonds is 2. The minimum Gasteiger partial charge on any atom is -0.443 e. The maximum absolute atomic E-state index is 11.4. The van der Waals surface area contributed by atoms with Gasteiger partial charge < -0.3 is 10.5 Å². The molecule has 14 heavy (non-hydrogen) atoms. The summed E-state index contributed by atoms with van der Waals surface area (Å²) >= 11 is 1.55. The number of amides is 1. The number of anilines is 1. The van der Waals surface area contributed by atoms with Crippen LogP contribution in [0.15, 0.2) is 11.4 Å². The molecule has 0 spiro atoms. The Morgan fingerprint density at radius 1 is 1.79 bits per heavy atom. The zero-order valence-corrected chi connectivity index (χ0v) is 8.71. The normalized spacial score (nSPS) is 21.4. The predicted molar refractivity (Wildman–Crippen MR) is 55.7 cm³/mol. The first-order chi connectivity index (χ1) is 6.72. The number of carbonyl (C=O) groups excluding carboxylic acids is 1. The van der Waals surface area contributed by atoms with Gasteiger partial charge in [0.2, 0.25) is 0 Å². The van der Waals surface area contributed by atoms with E-state index in [-0.39, 0.29) is 12.2 Å². The van der Waals surface area contributed by atoms with Crippen molar-refractivity contribution in [1.82, 2.24) is 0 Å². The van der Waals surface area contributed by atoms with Gasteiger partial charge in [-0.15, -0.1) is 11.3 Å². The average molecular weight is 212 g/mol. The van der Waals surface area contributed by atoms with Crippen molar-refractivity contribution in [3.63, 3.8) is 0 Å². The fourth-order valence-electron chi connectivity index (χ4n) is 1.45. The van der Waals surface area contributed by atoms with Crippen LogP contribution in [0.4, 0.5) is 9.80 Å². The number of carbonyl (C=O) groups is 1. The fourth-order valence-corrected chi connectivity index (χ4v) is 2.38. The molecule has 76 valence electrons. The van der Waals surface area contributed by atoms with Crippen molar-refractivity contribution >= 4 is 22.4 Å². The van der Waals surface area contributed by atoms with E-state index >= 15 is 0 Å². The number of ether oxygens (including phenoxy) is 1. The van der Waals surface area contributed by atoms with E-state index in [1.807, 2.05) is 18.4 Å². The molecule has 1 atom stereocenters. The summed E-state index contributed by atoms with van der Waals surface area (Å²) in [6.07, 6.45) is -0.449. The van der Waals surface area contributed by atoms with Crippen molar-refractivity contribution in [1.29, 1.82) is 0 Å². The van der Waals surface area contributed by atoms with Crippen molar-refractivity contribution in [2.75, 3.05) is 18.0 Å². The lowest BCUT2D eigenvalue weighted by atomic mass is 10.3. The molecule has 5 heteroatoms. The van der Waals surface area contributed by atoms with E-state index in [1.54, 1.807) is 16.2 Å². The Labute approximate surface area is 86.3 Å². The van der Waals surface area contributed by atoms with Crippen molar-refractivity contribution < 1.29 is 9.53 Å². The first kappa shape index (κ1) is 9.48. The van der Waals surface area contributed by atoms with Gasteiger partial charge in [-0.05, 0) is 23.9 Å². The lowest BCUT2D eigenvalue weighted by Gasteiger charge is -2.10. The fraction of sp³-hybridized carbons (Fsp3) is 0.444. The van der Waals surface area contributed by atoms with Gasteiger partial charge >= 0.3 is 6.09 Å². The van der Waals surface area contributed by atoms with E-state index in [0.29, 0.717) is 13.1 Å². The summed E-state index contributed by atoms with van der Waals surface area (Å²) in [6, 6.07) is 1.99. The van der Waals surface area contributed by atoms with Crippen LogP contribution in [0.3, 0.4) is 0 Å². The number of hydrogen-bond acceptors (Lipinski definition) is 4. The predicted octanol–water partition coefficient (Wildman–Crippen LogP) is 1.34. The van der Waals surface area contributed by atoms with Gasteiger partial charge in [-0.3, -0.25) is 4.90 Å². The van der Waals surface area contributed by atoms with Crippen molar-refractivity contribution in [3.05, 3.63) is 17.0 Å². The molecule has 1 saturated heterocycles. The highest BCUT2D eigenvalue weighted by molar-refractivity contribution is 7.14. The molecule has 1 aromatic heterocycles. The molecule has 0 aliphatic carbocycles. The Morgan fingerprint density at radius 3 is 3.07 bits per heavy atom. The molecule has 2 N–H and O–H groups in total. The zero-order chi connectivity index (χ0) is 10.1. The number of hydrogen-bond donors (Lipinski definition) is 1. The SMILES string of the molecule is Cc1ccsc1N1CC(CN)OC1=O. The minimum absolute atomic E-state index is 0.163. The molecular weight excluding hydrogens is 200 g/mol. The minimum atomic E-state index is -0.286. The number of thiophene rings is 1. The smallest absolute Gasteiger partial charge is 0.415 e. The van der Waals surface area contributed by atoms with Crippen LogP contribution < -0.4 is 10.6 Å². The average Bonchev–Trinajstić information content (AvgIpc) is 2.72. The molecule has 1 fully saturated rings. The summed E-state index contributed by atoms with van der Waals surface area (Å²) in [7, 11) is 0. The van der Waals surface area contributed by atoms with Gasteiger partial charge in [-0.2, -0.15) is 0 Å². The first-order valence-electron chi connectivity index (χ1n) is 4.44. The van der Waals surface area contributed by atoms with Crippen LogP contribution in [-0.4, -0.2) is 25.3 Å². The van der Waals surface area contributed by atoms with Crippen LogP contribution in [0.5, 0.6) is 0 Å². The number of nitrogens with zero attached hydrogens (tertiary/aromatic N) is 1. The molecule has 0 saturated carbocycles. The molecule has 2 rings (SSSR count). The van der Waals surface area contributed by atoms with E-state index in [9.17, 15) is 4.79 Å². The number of cyclic esters (lactones) is 1. The Kier molecular flexibility index (Phi) is 2.43. The van der Waals surface area contributed by atoms with Crippen LogP contribution in [0, 0.1) is 6.92 Å². The second-order valence-electron chi connectivity index (χ2n) is 3.26. The summed E-state index contributed by atoms with van der Waals surface area (Å²) in [6.45, 7) is 2.93. The molecule has 0 aromatic carbocycles. The van der Waals surface area contributed by atoms with Crippen LogP contribution in [0.2, 0.25) is 0 Å². The zero-order valence-electron chi connectivity index (χ0n) is 7.90. The van der Waals surface area contributed by atoms with Crippen molar-refractivity contribution in [2.24, 2.45) is 5.73 Å². The second-order valence-corrected chi connectivity index (χ2v) is 4.16. The van der Waals surface area contributed by atoms with Crippen LogP contribution in [0.25, 0.3) is 0 Å². The maximum atomic E-state index is 11.4. The van der Waals surface area contributed by atoms with E-state index < -0.39 is 0 Å². The van der Waals surface area contributed by atoms with Gasteiger partial charge in [-0.1, -0.05) is 0 Å². The van der Waals surface area contributed by atoms with Gasteiger partial charge in [0.05, 0.1) is 6.54 Å². The molecule has 1 aliphatic heterocycles. The van der Waals surface area contributed by atoms with E-state index in [1.165, 1.54) is 0 Å². The third kappa shape index (κ3) is 1.49. The van der Waals surface area contributed by atoms with Crippen LogP contribution in [0.1, 0.15) is 5.56 Å². The Bertz CT molecular complexity index is 350. The number of nitrogens with two attached hydrogens (primary N) is 1. The second kappa shape index (κ2) is 3.59. The molecule has 1 amide bonds.